The Morgan fingerprint density at radius 2 is 2.00 bits per heavy atom. The zero-order valence-corrected chi connectivity index (χ0v) is 12.8. The first-order valence-electron chi connectivity index (χ1n) is 6.51. The molecule has 0 radical (unpaired) electrons. The summed E-state index contributed by atoms with van der Waals surface area (Å²) in [6, 6.07) is 4.92. The van der Waals surface area contributed by atoms with Gasteiger partial charge in [-0.2, -0.15) is 0 Å². The number of hydrogen-bond donors (Lipinski definition) is 3. The minimum absolute atomic E-state index is 0.133. The highest BCUT2D eigenvalue weighted by molar-refractivity contribution is 14.1. The van der Waals surface area contributed by atoms with Crippen LogP contribution in [0.25, 0.3) is 0 Å². The number of carbonyl (C=O) groups excluding carboxylic acids is 1. The first-order valence-corrected chi connectivity index (χ1v) is 7.59. The first kappa shape index (κ1) is 14.6. The van der Waals surface area contributed by atoms with Crippen molar-refractivity contribution >= 4 is 28.5 Å². The number of aromatic hydroxyl groups is 1. The molecule has 104 valence electrons. The number of carbonyl (C=O) groups is 1. The van der Waals surface area contributed by atoms with Gasteiger partial charge < -0.3 is 15.5 Å². The van der Waals surface area contributed by atoms with E-state index in [9.17, 15) is 15.0 Å². The molecule has 4 nitrogen and oxygen atoms in total. The molecule has 1 fully saturated rings. The summed E-state index contributed by atoms with van der Waals surface area (Å²) in [6.07, 6.45) is 3.40. The van der Waals surface area contributed by atoms with Crippen LogP contribution in [0.1, 0.15) is 36.0 Å². The Bertz CT molecular complexity index is 456. The monoisotopic (exact) mass is 375 g/mol. The molecule has 0 saturated heterocycles. The number of phenols is 1. The Kier molecular flexibility index (Phi) is 5.04. The van der Waals surface area contributed by atoms with Gasteiger partial charge >= 0.3 is 0 Å². The zero-order chi connectivity index (χ0) is 13.8. The van der Waals surface area contributed by atoms with Crippen LogP contribution in [-0.2, 0) is 0 Å². The fourth-order valence-corrected chi connectivity index (χ4v) is 2.68. The van der Waals surface area contributed by atoms with E-state index in [0.717, 1.165) is 29.3 Å². The van der Waals surface area contributed by atoms with Crippen molar-refractivity contribution in [3.8, 4) is 5.75 Å². The lowest BCUT2D eigenvalue weighted by molar-refractivity contribution is 0.0910. The molecule has 1 aromatic carbocycles. The number of benzene rings is 1. The van der Waals surface area contributed by atoms with Crippen LogP contribution in [0.2, 0.25) is 0 Å². The Labute approximate surface area is 126 Å². The highest BCUT2D eigenvalue weighted by Crippen LogP contribution is 2.24. The van der Waals surface area contributed by atoms with E-state index < -0.39 is 0 Å². The van der Waals surface area contributed by atoms with Crippen molar-refractivity contribution in [3.63, 3.8) is 0 Å². The molecule has 19 heavy (non-hydrogen) atoms. The molecule has 1 aromatic rings. The molecule has 0 unspecified atom stereocenters. The van der Waals surface area contributed by atoms with Crippen LogP contribution in [0.3, 0.4) is 0 Å². The maximum Gasteiger partial charge on any atom is 0.251 e. The second-order valence-electron chi connectivity index (χ2n) is 5.05. The maximum absolute atomic E-state index is 11.9. The number of aliphatic hydroxyl groups is 1. The minimum atomic E-state index is -0.167. The van der Waals surface area contributed by atoms with Gasteiger partial charge in [0.05, 0.1) is 9.67 Å². The summed E-state index contributed by atoms with van der Waals surface area (Å²) in [5, 5.41) is 21.9. The van der Waals surface area contributed by atoms with Gasteiger partial charge in [-0.05, 0) is 72.4 Å². The van der Waals surface area contributed by atoms with Crippen molar-refractivity contribution < 1.29 is 15.0 Å². The van der Waals surface area contributed by atoms with Gasteiger partial charge in [-0.25, -0.2) is 0 Å². The number of nitrogens with one attached hydrogen (secondary N) is 1. The number of amides is 1. The molecule has 0 aromatic heterocycles. The van der Waals surface area contributed by atoms with E-state index in [1.54, 1.807) is 12.1 Å². The van der Waals surface area contributed by atoms with E-state index in [1.807, 2.05) is 22.6 Å². The summed E-state index contributed by atoms with van der Waals surface area (Å²) in [7, 11) is 0. The average molecular weight is 375 g/mol. The lowest BCUT2D eigenvalue weighted by Crippen LogP contribution is -2.32. The van der Waals surface area contributed by atoms with Crippen molar-refractivity contribution in [2.24, 2.45) is 5.92 Å². The number of aliphatic hydroxyl groups excluding tert-OH is 1. The smallest absolute Gasteiger partial charge is 0.251 e. The summed E-state index contributed by atoms with van der Waals surface area (Å²) in [6.45, 7) is 0.637. The predicted molar refractivity (Wildman–Crippen MR) is 81.1 cm³/mol. The molecule has 1 aliphatic carbocycles. The SMILES string of the molecule is O=C(NCC1CCC(O)CC1)c1ccc(I)c(O)c1. The van der Waals surface area contributed by atoms with Gasteiger partial charge in [0.2, 0.25) is 0 Å². The molecule has 2 rings (SSSR count). The Morgan fingerprint density at radius 1 is 1.32 bits per heavy atom. The lowest BCUT2D eigenvalue weighted by atomic mass is 9.87. The molecule has 1 amide bonds. The third-order valence-corrected chi connectivity index (χ3v) is 4.49. The normalized spacial score (nSPS) is 23.1. The fraction of sp³-hybridized carbons (Fsp3) is 0.500. The van der Waals surface area contributed by atoms with Gasteiger partial charge in [0.15, 0.2) is 0 Å². The van der Waals surface area contributed by atoms with E-state index >= 15 is 0 Å². The summed E-state index contributed by atoms with van der Waals surface area (Å²) in [5.74, 6) is 0.427. The van der Waals surface area contributed by atoms with E-state index in [1.165, 1.54) is 6.07 Å². The number of halogens is 1. The quantitative estimate of drug-likeness (QED) is 0.710. The van der Waals surface area contributed by atoms with Crippen LogP contribution in [0.5, 0.6) is 5.75 Å². The van der Waals surface area contributed by atoms with Crippen LogP contribution in [0, 0.1) is 9.49 Å². The van der Waals surface area contributed by atoms with E-state index in [0.29, 0.717) is 18.0 Å². The molecule has 1 aliphatic rings. The topological polar surface area (TPSA) is 69.6 Å². The summed E-state index contributed by atoms with van der Waals surface area (Å²) >= 11 is 2.02. The molecule has 0 aliphatic heterocycles. The van der Waals surface area contributed by atoms with Gasteiger partial charge in [-0.3, -0.25) is 4.79 Å². The first-order chi connectivity index (χ1) is 9.06. The molecule has 1 saturated carbocycles. The highest BCUT2D eigenvalue weighted by Gasteiger charge is 2.20. The highest BCUT2D eigenvalue weighted by atomic mass is 127. The van der Waals surface area contributed by atoms with Crippen LogP contribution >= 0.6 is 22.6 Å². The van der Waals surface area contributed by atoms with Gasteiger partial charge in [0, 0.05) is 12.1 Å². The molecule has 0 bridgehead atoms. The lowest BCUT2D eigenvalue weighted by Gasteiger charge is -2.25. The van der Waals surface area contributed by atoms with E-state index in [-0.39, 0.29) is 17.8 Å². The van der Waals surface area contributed by atoms with E-state index in [2.05, 4.69) is 5.32 Å². The third-order valence-electron chi connectivity index (χ3n) is 3.58. The molecule has 0 spiro atoms. The van der Waals surface area contributed by atoms with Gasteiger partial charge in [0.1, 0.15) is 5.75 Å². The van der Waals surface area contributed by atoms with Gasteiger partial charge in [-0.1, -0.05) is 0 Å². The number of hydrogen-bond acceptors (Lipinski definition) is 3. The number of rotatable bonds is 3. The minimum Gasteiger partial charge on any atom is -0.507 e. The van der Waals surface area contributed by atoms with Gasteiger partial charge in [-0.15, -0.1) is 0 Å². The van der Waals surface area contributed by atoms with Crippen LogP contribution < -0.4 is 5.32 Å². The van der Waals surface area contributed by atoms with Crippen LogP contribution in [0.4, 0.5) is 0 Å². The molecule has 0 heterocycles. The van der Waals surface area contributed by atoms with Crippen molar-refractivity contribution in [1.82, 2.24) is 5.32 Å². The Hall–Kier alpha value is -0.820. The summed E-state index contributed by atoms with van der Waals surface area (Å²) < 4.78 is 0.732. The summed E-state index contributed by atoms with van der Waals surface area (Å²) in [4.78, 5) is 11.9. The second-order valence-corrected chi connectivity index (χ2v) is 6.21. The van der Waals surface area contributed by atoms with Gasteiger partial charge in [0.25, 0.3) is 5.91 Å². The van der Waals surface area contributed by atoms with Crippen molar-refractivity contribution in [1.29, 1.82) is 0 Å². The summed E-state index contributed by atoms with van der Waals surface area (Å²) in [5.41, 5.74) is 0.480. The van der Waals surface area contributed by atoms with Crippen molar-refractivity contribution in [2.45, 2.75) is 31.8 Å². The second kappa shape index (κ2) is 6.56. The number of phenolic OH excluding ortho intramolecular Hbond substituents is 1. The van der Waals surface area contributed by atoms with E-state index in [4.69, 9.17) is 0 Å². The van der Waals surface area contributed by atoms with Crippen LogP contribution in [-0.4, -0.2) is 28.8 Å². The zero-order valence-electron chi connectivity index (χ0n) is 10.6. The fourth-order valence-electron chi connectivity index (χ4n) is 2.34. The predicted octanol–water partition coefficient (Wildman–Crippen LogP) is 2.28. The third kappa shape index (κ3) is 4.07. The average Bonchev–Trinajstić information content (AvgIpc) is 2.41. The molecule has 3 N–H and O–H groups in total. The van der Waals surface area contributed by atoms with Crippen molar-refractivity contribution in [2.75, 3.05) is 6.54 Å². The molecule has 5 heteroatoms. The standard InChI is InChI=1S/C14H18INO3/c15-12-6-3-10(7-13(12)18)14(19)16-8-9-1-4-11(17)5-2-9/h3,6-7,9,11,17-18H,1-2,4-5,8H2,(H,16,19). The largest absolute Gasteiger partial charge is 0.507 e. The Balaban J connectivity index is 1.85. The molecular formula is C14H18INO3. The molecular weight excluding hydrogens is 357 g/mol. The van der Waals surface area contributed by atoms with Crippen LogP contribution in [0.15, 0.2) is 18.2 Å². The Morgan fingerprint density at radius 3 is 2.63 bits per heavy atom. The molecule has 0 atom stereocenters. The van der Waals surface area contributed by atoms with Crippen molar-refractivity contribution in [3.05, 3.63) is 27.3 Å². The maximum atomic E-state index is 11.9.